The number of halogens is 4. The third-order valence-electron chi connectivity index (χ3n) is 2.44. The standard InChI is InChI=1S/C12H11Cl2F2N3O/c1-6-17-4-8(19-6)5-18-7-2-9(13)11(10(14)3-7)20-12(15)16/h2-4,12,18H,5H2,1H3,(H,17,19). The van der Waals surface area contributed by atoms with Crippen molar-refractivity contribution in [1.29, 1.82) is 0 Å². The molecule has 0 spiro atoms. The number of nitrogens with one attached hydrogen (secondary N) is 2. The number of hydrogen-bond donors (Lipinski definition) is 2. The van der Waals surface area contributed by atoms with Crippen LogP contribution in [0.4, 0.5) is 14.5 Å². The minimum absolute atomic E-state index is 0.0149. The maximum Gasteiger partial charge on any atom is 0.387 e. The number of aromatic nitrogens is 2. The van der Waals surface area contributed by atoms with Gasteiger partial charge < -0.3 is 15.0 Å². The van der Waals surface area contributed by atoms with E-state index in [1.807, 2.05) is 6.92 Å². The molecule has 0 atom stereocenters. The molecule has 0 bridgehead atoms. The van der Waals surface area contributed by atoms with Crippen LogP contribution in [0.5, 0.6) is 5.75 Å². The Labute approximate surface area is 124 Å². The molecule has 2 rings (SSSR count). The minimum Gasteiger partial charge on any atom is -0.432 e. The number of aromatic amines is 1. The molecule has 8 heteroatoms. The number of hydrogen-bond acceptors (Lipinski definition) is 3. The van der Waals surface area contributed by atoms with Gasteiger partial charge in [0.2, 0.25) is 0 Å². The van der Waals surface area contributed by atoms with Crippen molar-refractivity contribution in [1.82, 2.24) is 9.97 Å². The van der Waals surface area contributed by atoms with E-state index < -0.39 is 6.61 Å². The third kappa shape index (κ3) is 3.74. The second kappa shape index (κ2) is 6.28. The van der Waals surface area contributed by atoms with Gasteiger partial charge in [0.05, 0.1) is 28.5 Å². The van der Waals surface area contributed by atoms with E-state index in [0.717, 1.165) is 11.5 Å². The van der Waals surface area contributed by atoms with Gasteiger partial charge in [0.25, 0.3) is 0 Å². The topological polar surface area (TPSA) is 49.9 Å². The Morgan fingerprint density at radius 1 is 1.35 bits per heavy atom. The molecule has 2 aromatic rings. The SMILES string of the molecule is Cc1ncc(CNc2cc(Cl)c(OC(F)F)c(Cl)c2)[nH]1. The first kappa shape index (κ1) is 14.9. The van der Waals surface area contributed by atoms with Crippen molar-refractivity contribution in [3.05, 3.63) is 39.9 Å². The normalized spacial score (nSPS) is 10.9. The molecular weight excluding hydrogens is 311 g/mol. The highest BCUT2D eigenvalue weighted by Crippen LogP contribution is 2.37. The molecule has 0 aliphatic rings. The number of aryl methyl sites for hydroxylation is 1. The lowest BCUT2D eigenvalue weighted by Gasteiger charge is -2.12. The van der Waals surface area contributed by atoms with Crippen LogP contribution >= 0.6 is 23.2 Å². The molecule has 0 radical (unpaired) electrons. The largest absolute Gasteiger partial charge is 0.432 e. The van der Waals surface area contributed by atoms with Gasteiger partial charge in [-0.2, -0.15) is 8.78 Å². The highest BCUT2D eigenvalue weighted by atomic mass is 35.5. The van der Waals surface area contributed by atoms with Gasteiger partial charge in [-0.1, -0.05) is 23.2 Å². The summed E-state index contributed by atoms with van der Waals surface area (Å²) in [7, 11) is 0. The van der Waals surface area contributed by atoms with Crippen LogP contribution in [-0.2, 0) is 6.54 Å². The fourth-order valence-corrected chi connectivity index (χ4v) is 2.20. The molecule has 1 aromatic heterocycles. The summed E-state index contributed by atoms with van der Waals surface area (Å²) in [5, 5.41) is 3.08. The molecule has 0 fully saturated rings. The van der Waals surface area contributed by atoms with E-state index in [0.29, 0.717) is 12.2 Å². The van der Waals surface area contributed by atoms with Gasteiger partial charge in [-0.15, -0.1) is 0 Å². The third-order valence-corrected chi connectivity index (χ3v) is 3.01. The molecule has 108 valence electrons. The molecule has 2 N–H and O–H groups in total. The van der Waals surface area contributed by atoms with Gasteiger partial charge >= 0.3 is 6.61 Å². The predicted molar refractivity (Wildman–Crippen MR) is 73.7 cm³/mol. The van der Waals surface area contributed by atoms with E-state index in [-0.39, 0.29) is 15.8 Å². The molecule has 1 heterocycles. The van der Waals surface area contributed by atoms with E-state index >= 15 is 0 Å². The molecule has 20 heavy (non-hydrogen) atoms. The monoisotopic (exact) mass is 321 g/mol. The van der Waals surface area contributed by atoms with Crippen LogP contribution in [-0.4, -0.2) is 16.6 Å². The van der Waals surface area contributed by atoms with Crippen LogP contribution in [0.3, 0.4) is 0 Å². The number of nitrogens with zero attached hydrogens (tertiary/aromatic N) is 1. The van der Waals surface area contributed by atoms with Crippen molar-refractivity contribution < 1.29 is 13.5 Å². The van der Waals surface area contributed by atoms with E-state index in [9.17, 15) is 8.78 Å². The van der Waals surface area contributed by atoms with Gasteiger partial charge in [-0.05, 0) is 19.1 Å². The van der Waals surface area contributed by atoms with Gasteiger partial charge in [-0.3, -0.25) is 0 Å². The lowest BCUT2D eigenvalue weighted by atomic mass is 10.3. The Hall–Kier alpha value is -1.53. The maximum absolute atomic E-state index is 12.2. The van der Waals surface area contributed by atoms with E-state index in [4.69, 9.17) is 23.2 Å². The molecular formula is C12H11Cl2F2N3O. The second-order valence-electron chi connectivity index (χ2n) is 3.99. The summed E-state index contributed by atoms with van der Waals surface area (Å²) < 4.78 is 28.6. The van der Waals surface area contributed by atoms with Crippen LogP contribution in [0.25, 0.3) is 0 Å². The van der Waals surface area contributed by atoms with Crippen LogP contribution in [0.1, 0.15) is 11.5 Å². The van der Waals surface area contributed by atoms with Crippen LogP contribution in [0.15, 0.2) is 18.3 Å². The first-order valence-electron chi connectivity index (χ1n) is 5.64. The molecule has 0 aliphatic heterocycles. The summed E-state index contributed by atoms with van der Waals surface area (Å²) >= 11 is 11.7. The number of imidazole rings is 1. The summed E-state index contributed by atoms with van der Waals surface area (Å²) in [5.74, 6) is 0.574. The smallest absolute Gasteiger partial charge is 0.387 e. The maximum atomic E-state index is 12.2. The Morgan fingerprint density at radius 3 is 2.50 bits per heavy atom. The lowest BCUT2D eigenvalue weighted by Crippen LogP contribution is -2.04. The Balaban J connectivity index is 2.09. The van der Waals surface area contributed by atoms with E-state index in [1.54, 1.807) is 6.20 Å². The molecule has 0 saturated heterocycles. The zero-order chi connectivity index (χ0) is 14.7. The Kier molecular flexibility index (Phi) is 4.67. The first-order chi connectivity index (χ1) is 9.45. The Bertz CT molecular complexity index is 581. The predicted octanol–water partition coefficient (Wildman–Crippen LogP) is 4.24. The minimum atomic E-state index is -2.98. The molecule has 1 aromatic carbocycles. The quantitative estimate of drug-likeness (QED) is 0.866. The number of rotatable bonds is 5. The lowest BCUT2D eigenvalue weighted by molar-refractivity contribution is -0.0497. The van der Waals surface area contributed by atoms with Crippen molar-refractivity contribution in [2.24, 2.45) is 0 Å². The summed E-state index contributed by atoms with van der Waals surface area (Å²) in [5.41, 5.74) is 1.47. The fourth-order valence-electron chi connectivity index (χ4n) is 1.62. The van der Waals surface area contributed by atoms with Gasteiger partial charge in [-0.25, -0.2) is 4.98 Å². The van der Waals surface area contributed by atoms with E-state index in [2.05, 4.69) is 20.0 Å². The second-order valence-corrected chi connectivity index (χ2v) is 4.81. The van der Waals surface area contributed by atoms with Gasteiger partial charge in [0.15, 0.2) is 5.75 Å². The van der Waals surface area contributed by atoms with Crippen molar-refractivity contribution in [3.8, 4) is 5.75 Å². The number of ether oxygens (including phenoxy) is 1. The highest BCUT2D eigenvalue weighted by molar-refractivity contribution is 6.37. The fraction of sp³-hybridized carbons (Fsp3) is 0.250. The number of benzene rings is 1. The van der Waals surface area contributed by atoms with Crippen LogP contribution in [0, 0.1) is 6.92 Å². The van der Waals surface area contributed by atoms with E-state index in [1.165, 1.54) is 12.1 Å². The van der Waals surface area contributed by atoms with Crippen LogP contribution < -0.4 is 10.1 Å². The highest BCUT2D eigenvalue weighted by Gasteiger charge is 2.14. The molecule has 0 unspecified atom stereocenters. The Morgan fingerprint density at radius 2 is 2.00 bits per heavy atom. The van der Waals surface area contributed by atoms with Crippen molar-refractivity contribution in [2.45, 2.75) is 20.1 Å². The average Bonchev–Trinajstić information content (AvgIpc) is 2.77. The number of H-pyrrole nitrogens is 1. The summed E-state index contributed by atoms with van der Waals surface area (Å²) in [4.78, 5) is 7.11. The first-order valence-corrected chi connectivity index (χ1v) is 6.39. The number of anilines is 1. The zero-order valence-electron chi connectivity index (χ0n) is 10.4. The summed E-state index contributed by atoms with van der Waals surface area (Å²) in [6, 6.07) is 2.93. The molecule has 0 saturated carbocycles. The molecule has 0 amide bonds. The molecule has 0 aliphatic carbocycles. The zero-order valence-corrected chi connectivity index (χ0v) is 11.9. The number of alkyl halides is 2. The van der Waals surface area contributed by atoms with Gasteiger partial charge in [0, 0.05) is 5.69 Å². The molecule has 4 nitrogen and oxygen atoms in total. The average molecular weight is 322 g/mol. The van der Waals surface area contributed by atoms with Crippen molar-refractivity contribution in [2.75, 3.05) is 5.32 Å². The van der Waals surface area contributed by atoms with Gasteiger partial charge in [0.1, 0.15) is 5.82 Å². The summed E-state index contributed by atoms with van der Waals surface area (Å²) in [6.45, 7) is -0.659. The van der Waals surface area contributed by atoms with Crippen LogP contribution in [0.2, 0.25) is 10.0 Å². The van der Waals surface area contributed by atoms with Crippen molar-refractivity contribution >= 4 is 28.9 Å². The summed E-state index contributed by atoms with van der Waals surface area (Å²) in [6.07, 6.45) is 1.69. The van der Waals surface area contributed by atoms with Crippen molar-refractivity contribution in [3.63, 3.8) is 0 Å².